The van der Waals surface area contributed by atoms with Crippen molar-refractivity contribution in [3.8, 4) is 5.82 Å². The minimum absolute atomic E-state index is 0.267. The minimum Gasteiger partial charge on any atom is -0.378 e. The molecule has 32 heavy (non-hydrogen) atoms. The van der Waals surface area contributed by atoms with Gasteiger partial charge in [0.1, 0.15) is 11.6 Å². The Morgan fingerprint density at radius 1 is 0.969 bits per heavy atom. The summed E-state index contributed by atoms with van der Waals surface area (Å²) < 4.78 is 34.9. The predicted octanol–water partition coefficient (Wildman–Crippen LogP) is 2.78. The summed E-state index contributed by atoms with van der Waals surface area (Å²) in [5, 5.41) is 3.51. The van der Waals surface area contributed by atoms with Gasteiger partial charge in [-0.25, -0.2) is 13.8 Å². The number of nitrogens with one attached hydrogen (secondary N) is 1. The Kier molecular flexibility index (Phi) is 5.64. The van der Waals surface area contributed by atoms with Gasteiger partial charge in [0.2, 0.25) is 5.95 Å². The number of halogens is 2. The molecular weight excluding hydrogens is 416 g/mol. The number of alkyl halides is 2. The molecule has 10 heteroatoms. The Morgan fingerprint density at radius 2 is 1.66 bits per heavy atom. The van der Waals surface area contributed by atoms with E-state index in [1.165, 1.54) is 4.57 Å². The molecule has 2 aromatic heterocycles. The van der Waals surface area contributed by atoms with Crippen LogP contribution in [0.15, 0.2) is 30.3 Å². The zero-order valence-corrected chi connectivity index (χ0v) is 18.2. The van der Waals surface area contributed by atoms with Gasteiger partial charge in [-0.05, 0) is 26.0 Å². The molecule has 1 aromatic carbocycles. The second-order valence-corrected chi connectivity index (χ2v) is 8.45. The highest BCUT2D eigenvalue weighted by molar-refractivity contribution is 5.78. The summed E-state index contributed by atoms with van der Waals surface area (Å²) in [5.41, 5.74) is 1.11. The molecule has 0 saturated carbocycles. The number of piperazine rings is 1. The van der Waals surface area contributed by atoms with Gasteiger partial charge >= 0.3 is 0 Å². The zero-order chi connectivity index (χ0) is 22.2. The van der Waals surface area contributed by atoms with Crippen molar-refractivity contribution in [3.05, 3.63) is 36.2 Å². The molecule has 0 aliphatic carbocycles. The van der Waals surface area contributed by atoms with Crippen LogP contribution in [0.4, 0.5) is 20.5 Å². The molecule has 4 heterocycles. The van der Waals surface area contributed by atoms with Crippen molar-refractivity contribution in [3.63, 3.8) is 0 Å². The molecule has 2 aliphatic rings. The molecule has 0 amide bonds. The number of anilines is 2. The molecular formula is C22H27F2N7O. The van der Waals surface area contributed by atoms with E-state index < -0.39 is 6.43 Å². The number of nitrogens with zero attached hydrogens (tertiary/aromatic N) is 6. The van der Waals surface area contributed by atoms with Crippen molar-refractivity contribution >= 4 is 22.8 Å². The topological polar surface area (TPSA) is 71.3 Å². The van der Waals surface area contributed by atoms with Gasteiger partial charge in [-0.3, -0.25) is 4.57 Å². The Labute approximate surface area is 185 Å². The lowest BCUT2D eigenvalue weighted by Crippen LogP contribution is -2.54. The summed E-state index contributed by atoms with van der Waals surface area (Å²) in [7, 11) is 0. The molecule has 3 aromatic rings. The Bertz CT molecular complexity index is 1090. The summed E-state index contributed by atoms with van der Waals surface area (Å²) in [6.07, 6.45) is -2.73. The fourth-order valence-corrected chi connectivity index (χ4v) is 4.54. The van der Waals surface area contributed by atoms with Gasteiger partial charge < -0.3 is 19.9 Å². The van der Waals surface area contributed by atoms with Gasteiger partial charge in [0, 0.05) is 44.3 Å². The lowest BCUT2D eigenvalue weighted by atomic mass is 10.1. The van der Waals surface area contributed by atoms with Gasteiger partial charge in [-0.2, -0.15) is 9.97 Å². The van der Waals surface area contributed by atoms with E-state index in [-0.39, 0.29) is 17.9 Å². The number of benzene rings is 1. The van der Waals surface area contributed by atoms with E-state index in [1.54, 1.807) is 24.3 Å². The number of aromatic nitrogens is 4. The first-order chi connectivity index (χ1) is 15.5. The lowest BCUT2D eigenvalue weighted by Gasteiger charge is -2.37. The molecule has 2 aliphatic heterocycles. The van der Waals surface area contributed by atoms with Crippen LogP contribution < -0.4 is 15.1 Å². The first-order valence-corrected chi connectivity index (χ1v) is 11.0. The van der Waals surface area contributed by atoms with E-state index in [9.17, 15) is 8.78 Å². The predicted molar refractivity (Wildman–Crippen MR) is 119 cm³/mol. The Morgan fingerprint density at radius 3 is 2.38 bits per heavy atom. The van der Waals surface area contributed by atoms with Crippen LogP contribution in [0.5, 0.6) is 0 Å². The average Bonchev–Trinajstić information content (AvgIpc) is 3.19. The van der Waals surface area contributed by atoms with E-state index in [4.69, 9.17) is 14.7 Å². The molecule has 5 rings (SSSR count). The molecule has 2 fully saturated rings. The van der Waals surface area contributed by atoms with Crippen LogP contribution in [-0.4, -0.2) is 71.0 Å². The fraction of sp³-hybridized carbons (Fsp3) is 0.500. The molecule has 0 bridgehead atoms. The third-order valence-electron chi connectivity index (χ3n) is 5.87. The summed E-state index contributed by atoms with van der Waals surface area (Å²) >= 11 is 0. The maximum Gasteiger partial charge on any atom is 0.296 e. The number of fused-ring (bicyclic) bond motifs is 1. The molecule has 0 unspecified atom stereocenters. The van der Waals surface area contributed by atoms with Crippen LogP contribution in [-0.2, 0) is 4.74 Å². The standard InChI is InChI=1S/C22H27F2N7O/c1-14-12-30(13-15(2)25-14)22-27-18(29-7-9-32-10-8-29)11-19(28-22)31-17-6-4-3-5-16(17)26-21(31)20(23)24/h3-6,11,14-15,20,25H,7-10,12-13H2,1-2H3/t14-,15+. The highest BCUT2D eigenvalue weighted by Crippen LogP contribution is 2.30. The monoisotopic (exact) mass is 443 g/mol. The molecule has 8 nitrogen and oxygen atoms in total. The fourth-order valence-electron chi connectivity index (χ4n) is 4.54. The van der Waals surface area contributed by atoms with Gasteiger partial charge in [0.15, 0.2) is 5.82 Å². The number of para-hydroxylation sites is 2. The van der Waals surface area contributed by atoms with E-state index in [2.05, 4.69) is 33.9 Å². The summed E-state index contributed by atoms with van der Waals surface area (Å²) in [6, 6.07) is 9.46. The van der Waals surface area contributed by atoms with Crippen molar-refractivity contribution in [2.24, 2.45) is 0 Å². The third-order valence-corrected chi connectivity index (χ3v) is 5.87. The largest absolute Gasteiger partial charge is 0.378 e. The maximum absolute atomic E-state index is 14.0. The van der Waals surface area contributed by atoms with Crippen molar-refractivity contribution in [2.45, 2.75) is 32.4 Å². The van der Waals surface area contributed by atoms with E-state index in [0.717, 1.165) is 13.1 Å². The number of hydrogen-bond donors (Lipinski definition) is 1. The molecule has 170 valence electrons. The van der Waals surface area contributed by atoms with Crippen molar-refractivity contribution in [2.75, 3.05) is 49.2 Å². The van der Waals surface area contributed by atoms with Gasteiger partial charge in [-0.15, -0.1) is 0 Å². The first kappa shape index (κ1) is 21.0. The quantitative estimate of drug-likeness (QED) is 0.665. The molecule has 2 atom stereocenters. The van der Waals surface area contributed by atoms with E-state index >= 15 is 0 Å². The highest BCUT2D eigenvalue weighted by Gasteiger charge is 2.27. The SMILES string of the molecule is C[C@@H]1CN(c2nc(N3CCOCC3)cc(-n3c(C(F)F)nc4ccccc43)n2)C[C@H](C)N1. The number of ether oxygens (including phenoxy) is 1. The lowest BCUT2D eigenvalue weighted by molar-refractivity contribution is 0.122. The minimum atomic E-state index is -2.73. The number of imidazole rings is 1. The van der Waals surface area contributed by atoms with Crippen LogP contribution in [0.25, 0.3) is 16.9 Å². The zero-order valence-electron chi connectivity index (χ0n) is 18.2. The van der Waals surface area contributed by atoms with Crippen LogP contribution in [0, 0.1) is 0 Å². The number of hydrogen-bond acceptors (Lipinski definition) is 7. The average molecular weight is 444 g/mol. The van der Waals surface area contributed by atoms with Gasteiger partial charge in [-0.1, -0.05) is 12.1 Å². The van der Waals surface area contributed by atoms with Crippen LogP contribution in [0.3, 0.4) is 0 Å². The smallest absolute Gasteiger partial charge is 0.296 e. The first-order valence-electron chi connectivity index (χ1n) is 11.0. The second kappa shape index (κ2) is 8.59. The molecule has 0 radical (unpaired) electrons. The Hall–Kier alpha value is -2.85. The van der Waals surface area contributed by atoms with Crippen molar-refractivity contribution in [1.29, 1.82) is 0 Å². The van der Waals surface area contributed by atoms with Crippen LogP contribution >= 0.6 is 0 Å². The third kappa shape index (κ3) is 4.00. The molecule has 2 saturated heterocycles. The van der Waals surface area contributed by atoms with E-state index in [0.29, 0.717) is 54.9 Å². The normalized spacial score (nSPS) is 22.2. The van der Waals surface area contributed by atoms with Gasteiger partial charge in [0.25, 0.3) is 6.43 Å². The van der Waals surface area contributed by atoms with Crippen molar-refractivity contribution < 1.29 is 13.5 Å². The molecule has 1 N–H and O–H groups in total. The van der Waals surface area contributed by atoms with Gasteiger partial charge in [0.05, 0.1) is 24.2 Å². The van der Waals surface area contributed by atoms with Crippen LogP contribution in [0.1, 0.15) is 26.1 Å². The van der Waals surface area contributed by atoms with Crippen LogP contribution in [0.2, 0.25) is 0 Å². The maximum atomic E-state index is 14.0. The number of rotatable bonds is 4. The summed E-state index contributed by atoms with van der Waals surface area (Å²) in [5.74, 6) is 1.34. The summed E-state index contributed by atoms with van der Waals surface area (Å²) in [4.78, 5) is 18.1. The molecule has 0 spiro atoms. The number of morpholine rings is 1. The summed E-state index contributed by atoms with van der Waals surface area (Å²) in [6.45, 7) is 8.30. The van der Waals surface area contributed by atoms with E-state index in [1.807, 2.05) is 6.07 Å². The Balaban J connectivity index is 1.67. The second-order valence-electron chi connectivity index (χ2n) is 8.45. The van der Waals surface area contributed by atoms with Crippen molar-refractivity contribution in [1.82, 2.24) is 24.8 Å². The highest BCUT2D eigenvalue weighted by atomic mass is 19.3.